The smallest absolute Gasteiger partial charge is 0.294 e. The number of aryl methyl sites for hydroxylation is 1. The fraction of sp³-hybridized carbons (Fsp3) is 0.211. The molecule has 0 spiro atoms. The first-order valence-corrected chi connectivity index (χ1v) is 9.31. The summed E-state index contributed by atoms with van der Waals surface area (Å²) >= 11 is 0.808. The Morgan fingerprint density at radius 3 is 2.68 bits per heavy atom. The maximum absolute atomic E-state index is 12.4. The Kier molecular flexibility index (Phi) is 5.74. The number of nitrogens with zero attached hydrogens (tertiary/aromatic N) is 2. The Balaban J connectivity index is 1.54. The Labute approximate surface area is 165 Å². The van der Waals surface area contributed by atoms with Crippen LogP contribution in [0.2, 0.25) is 0 Å². The molecule has 3 amide bonds. The zero-order chi connectivity index (χ0) is 20.3. The van der Waals surface area contributed by atoms with Crippen LogP contribution in [0.3, 0.4) is 0 Å². The molecule has 146 valence electrons. The average Bonchev–Trinajstić information content (AvgIpc) is 3.16. The SMILES string of the molecule is Cn1cccc1C=C1SC(=O)N(CC(=O)NCCc2ccc(O)c(O)c2)C1=O. The average molecular weight is 401 g/mol. The minimum atomic E-state index is -0.491. The molecule has 9 heteroatoms. The highest BCUT2D eigenvalue weighted by atomic mass is 32.2. The predicted molar refractivity (Wildman–Crippen MR) is 105 cm³/mol. The molecule has 0 unspecified atom stereocenters. The summed E-state index contributed by atoms with van der Waals surface area (Å²) in [5.41, 5.74) is 1.51. The lowest BCUT2D eigenvalue weighted by Crippen LogP contribution is -2.40. The van der Waals surface area contributed by atoms with E-state index in [0.29, 0.717) is 6.42 Å². The second kappa shape index (κ2) is 8.22. The number of aromatic nitrogens is 1. The molecule has 1 aliphatic heterocycles. The molecule has 1 aliphatic rings. The summed E-state index contributed by atoms with van der Waals surface area (Å²) in [5.74, 6) is -1.39. The van der Waals surface area contributed by atoms with E-state index in [4.69, 9.17) is 0 Å². The van der Waals surface area contributed by atoms with Crippen molar-refractivity contribution in [1.29, 1.82) is 0 Å². The van der Waals surface area contributed by atoms with Crippen LogP contribution in [0.1, 0.15) is 11.3 Å². The van der Waals surface area contributed by atoms with Gasteiger partial charge in [-0.1, -0.05) is 6.07 Å². The van der Waals surface area contributed by atoms with E-state index in [1.165, 1.54) is 12.1 Å². The van der Waals surface area contributed by atoms with Gasteiger partial charge in [-0.25, -0.2) is 0 Å². The number of aromatic hydroxyl groups is 2. The van der Waals surface area contributed by atoms with Crippen molar-refractivity contribution in [3.05, 3.63) is 52.7 Å². The molecular formula is C19H19N3O5S. The predicted octanol–water partition coefficient (Wildman–Crippen LogP) is 1.83. The summed E-state index contributed by atoms with van der Waals surface area (Å²) < 4.78 is 1.82. The summed E-state index contributed by atoms with van der Waals surface area (Å²) in [6, 6.07) is 8.06. The third-order valence-corrected chi connectivity index (χ3v) is 5.12. The van der Waals surface area contributed by atoms with Gasteiger partial charge in [-0.2, -0.15) is 0 Å². The number of phenolic OH excluding ortho intramolecular Hbond substituents is 2. The third-order valence-electron chi connectivity index (χ3n) is 4.21. The van der Waals surface area contributed by atoms with Gasteiger partial charge in [0.05, 0.1) is 4.91 Å². The van der Waals surface area contributed by atoms with Crippen molar-refractivity contribution in [2.75, 3.05) is 13.1 Å². The van der Waals surface area contributed by atoms with Crippen molar-refractivity contribution in [3.8, 4) is 11.5 Å². The number of amides is 3. The number of carbonyl (C=O) groups excluding carboxylic acids is 3. The molecule has 0 saturated carbocycles. The van der Waals surface area contributed by atoms with E-state index in [0.717, 1.165) is 27.9 Å². The number of nitrogens with one attached hydrogen (secondary N) is 1. The van der Waals surface area contributed by atoms with Crippen LogP contribution in [-0.4, -0.2) is 49.8 Å². The number of hydrogen-bond acceptors (Lipinski definition) is 6. The topological polar surface area (TPSA) is 112 Å². The van der Waals surface area contributed by atoms with E-state index in [1.807, 2.05) is 29.9 Å². The molecule has 3 rings (SSSR count). The van der Waals surface area contributed by atoms with E-state index in [-0.39, 0.29) is 29.5 Å². The van der Waals surface area contributed by atoms with Crippen LogP contribution in [0.5, 0.6) is 11.5 Å². The van der Waals surface area contributed by atoms with Gasteiger partial charge < -0.3 is 20.1 Å². The standard InChI is InChI=1S/C19H19N3O5S/c1-21-8-2-3-13(21)10-16-18(26)22(19(27)28-16)11-17(25)20-7-6-12-4-5-14(23)15(24)9-12/h2-5,8-10,23-24H,6-7,11H2,1H3,(H,20,25). The lowest BCUT2D eigenvalue weighted by atomic mass is 10.1. The highest BCUT2D eigenvalue weighted by Crippen LogP contribution is 2.32. The molecule has 0 radical (unpaired) electrons. The Bertz CT molecular complexity index is 966. The molecule has 8 nitrogen and oxygen atoms in total. The Hall–Kier alpha value is -3.20. The van der Waals surface area contributed by atoms with Crippen molar-refractivity contribution >= 4 is 34.9 Å². The molecule has 2 aromatic rings. The van der Waals surface area contributed by atoms with Crippen LogP contribution >= 0.6 is 11.8 Å². The first kappa shape index (κ1) is 19.6. The molecule has 1 saturated heterocycles. The first-order valence-electron chi connectivity index (χ1n) is 8.49. The summed E-state index contributed by atoms with van der Waals surface area (Å²) in [4.78, 5) is 37.8. The number of carbonyl (C=O) groups is 3. The highest BCUT2D eigenvalue weighted by molar-refractivity contribution is 8.18. The van der Waals surface area contributed by atoms with Gasteiger partial charge in [-0.15, -0.1) is 0 Å². The largest absolute Gasteiger partial charge is 0.504 e. The van der Waals surface area contributed by atoms with Gasteiger partial charge in [0.25, 0.3) is 11.1 Å². The second-order valence-corrected chi connectivity index (χ2v) is 7.23. The summed E-state index contributed by atoms with van der Waals surface area (Å²) in [5, 5.41) is 20.9. The van der Waals surface area contributed by atoms with Gasteiger partial charge in [0.2, 0.25) is 5.91 Å². The molecule has 0 atom stereocenters. The molecule has 1 aromatic heterocycles. The summed E-state index contributed by atoms with van der Waals surface area (Å²) in [7, 11) is 1.83. The van der Waals surface area contributed by atoms with Gasteiger partial charge in [0, 0.05) is 25.5 Å². The van der Waals surface area contributed by atoms with Crippen LogP contribution < -0.4 is 5.32 Å². The third kappa shape index (κ3) is 4.37. The lowest BCUT2D eigenvalue weighted by Gasteiger charge is -2.12. The van der Waals surface area contributed by atoms with Gasteiger partial charge in [-0.3, -0.25) is 19.3 Å². The monoisotopic (exact) mass is 401 g/mol. The van der Waals surface area contributed by atoms with Crippen LogP contribution in [0.25, 0.3) is 6.08 Å². The number of thioether (sulfide) groups is 1. The normalized spacial score (nSPS) is 15.5. The molecule has 1 aromatic carbocycles. The Morgan fingerprint density at radius 1 is 1.21 bits per heavy atom. The molecule has 0 aliphatic carbocycles. The quantitative estimate of drug-likeness (QED) is 0.503. The van der Waals surface area contributed by atoms with Crippen molar-refractivity contribution in [2.45, 2.75) is 6.42 Å². The maximum Gasteiger partial charge on any atom is 0.294 e. The number of rotatable bonds is 6. The molecule has 2 heterocycles. The second-order valence-electron chi connectivity index (χ2n) is 6.23. The van der Waals surface area contributed by atoms with Crippen molar-refractivity contribution in [1.82, 2.24) is 14.8 Å². The zero-order valence-corrected chi connectivity index (χ0v) is 15.9. The lowest BCUT2D eigenvalue weighted by molar-refractivity contribution is -0.129. The summed E-state index contributed by atoms with van der Waals surface area (Å²) in [6.45, 7) is -0.0889. The fourth-order valence-corrected chi connectivity index (χ4v) is 3.49. The van der Waals surface area contributed by atoms with E-state index >= 15 is 0 Å². The molecule has 1 fully saturated rings. The molecular weight excluding hydrogens is 382 g/mol. The fourth-order valence-electron chi connectivity index (χ4n) is 2.67. The van der Waals surface area contributed by atoms with Crippen LogP contribution in [0.4, 0.5) is 4.79 Å². The van der Waals surface area contributed by atoms with E-state index < -0.39 is 17.1 Å². The number of imide groups is 1. The van der Waals surface area contributed by atoms with E-state index in [2.05, 4.69) is 5.32 Å². The van der Waals surface area contributed by atoms with Gasteiger partial charge >= 0.3 is 0 Å². The highest BCUT2D eigenvalue weighted by Gasteiger charge is 2.36. The van der Waals surface area contributed by atoms with Crippen LogP contribution in [-0.2, 0) is 23.1 Å². The maximum atomic E-state index is 12.4. The Morgan fingerprint density at radius 2 is 2.00 bits per heavy atom. The number of benzene rings is 1. The molecule has 0 bridgehead atoms. The van der Waals surface area contributed by atoms with Crippen molar-refractivity contribution < 1.29 is 24.6 Å². The van der Waals surface area contributed by atoms with Crippen molar-refractivity contribution in [2.24, 2.45) is 7.05 Å². The number of phenols is 2. The molecule has 3 N–H and O–H groups in total. The molecule has 28 heavy (non-hydrogen) atoms. The number of hydrogen-bond donors (Lipinski definition) is 3. The first-order chi connectivity index (χ1) is 13.3. The minimum absolute atomic E-state index is 0.212. The van der Waals surface area contributed by atoms with Crippen LogP contribution in [0.15, 0.2) is 41.4 Å². The minimum Gasteiger partial charge on any atom is -0.504 e. The van der Waals surface area contributed by atoms with Gasteiger partial charge in [0.15, 0.2) is 11.5 Å². The van der Waals surface area contributed by atoms with Gasteiger partial charge in [-0.05, 0) is 54.1 Å². The van der Waals surface area contributed by atoms with Gasteiger partial charge in [0.1, 0.15) is 6.54 Å². The van der Waals surface area contributed by atoms with Crippen molar-refractivity contribution in [3.63, 3.8) is 0 Å². The van der Waals surface area contributed by atoms with E-state index in [9.17, 15) is 24.6 Å². The zero-order valence-electron chi connectivity index (χ0n) is 15.1. The van der Waals surface area contributed by atoms with Crippen LogP contribution in [0, 0.1) is 0 Å². The van der Waals surface area contributed by atoms with E-state index in [1.54, 1.807) is 12.1 Å². The summed E-state index contributed by atoms with van der Waals surface area (Å²) in [6.07, 6.45) is 3.88.